The summed E-state index contributed by atoms with van der Waals surface area (Å²) in [5, 5.41) is 7.54. The van der Waals surface area contributed by atoms with Crippen LogP contribution < -0.4 is 5.32 Å². The second-order valence-electron chi connectivity index (χ2n) is 5.68. The molecule has 0 aromatic carbocycles. The molecule has 18 heavy (non-hydrogen) atoms. The van der Waals surface area contributed by atoms with Crippen molar-refractivity contribution in [1.29, 1.82) is 0 Å². The molecule has 1 aromatic rings. The zero-order valence-corrected chi connectivity index (χ0v) is 11.7. The van der Waals surface area contributed by atoms with Gasteiger partial charge in [-0.05, 0) is 32.1 Å². The highest BCUT2D eigenvalue weighted by molar-refractivity contribution is 5.02. The van der Waals surface area contributed by atoms with Gasteiger partial charge in [0, 0.05) is 12.1 Å². The average molecular weight is 250 g/mol. The molecule has 0 spiro atoms. The van der Waals surface area contributed by atoms with E-state index in [-0.39, 0.29) is 0 Å². The van der Waals surface area contributed by atoms with Crippen molar-refractivity contribution in [3.63, 3.8) is 0 Å². The van der Waals surface area contributed by atoms with E-state index >= 15 is 0 Å². The monoisotopic (exact) mass is 250 g/mol. The van der Waals surface area contributed by atoms with Crippen LogP contribution in [0.1, 0.15) is 63.3 Å². The van der Waals surface area contributed by atoms with Crippen molar-refractivity contribution < 1.29 is 4.52 Å². The van der Waals surface area contributed by atoms with E-state index in [2.05, 4.69) is 17.4 Å². The molecule has 1 saturated carbocycles. The quantitative estimate of drug-likeness (QED) is 0.807. The fourth-order valence-electron chi connectivity index (χ4n) is 3.02. The molecule has 1 aliphatic carbocycles. The average Bonchev–Trinajstić information content (AvgIpc) is 2.64. The van der Waals surface area contributed by atoms with E-state index in [1.807, 2.05) is 13.0 Å². The molecular formula is C15H26N2O. The summed E-state index contributed by atoms with van der Waals surface area (Å²) in [4.78, 5) is 0. The standard InChI is InChI=1S/C15H26N2O/c1-3-5-13-6-4-7-14(9-8-13)16-11-15-10-12(2)17-18-15/h10,13-14,16H,3-9,11H2,1-2H3. The highest BCUT2D eigenvalue weighted by Gasteiger charge is 2.18. The van der Waals surface area contributed by atoms with Crippen LogP contribution in [0.25, 0.3) is 0 Å². The zero-order chi connectivity index (χ0) is 12.8. The molecule has 1 N–H and O–H groups in total. The number of hydrogen-bond acceptors (Lipinski definition) is 3. The minimum absolute atomic E-state index is 0.664. The van der Waals surface area contributed by atoms with Crippen molar-refractivity contribution in [2.75, 3.05) is 0 Å². The molecule has 1 aliphatic rings. The molecule has 0 bridgehead atoms. The van der Waals surface area contributed by atoms with Crippen molar-refractivity contribution in [2.24, 2.45) is 5.92 Å². The van der Waals surface area contributed by atoms with Gasteiger partial charge in [-0.1, -0.05) is 37.8 Å². The van der Waals surface area contributed by atoms with Crippen molar-refractivity contribution >= 4 is 0 Å². The van der Waals surface area contributed by atoms with E-state index in [0.29, 0.717) is 6.04 Å². The molecule has 0 amide bonds. The van der Waals surface area contributed by atoms with Crippen LogP contribution in [0.5, 0.6) is 0 Å². The van der Waals surface area contributed by atoms with Gasteiger partial charge in [-0.15, -0.1) is 0 Å². The number of hydrogen-bond donors (Lipinski definition) is 1. The Labute approximate surface area is 110 Å². The molecule has 1 fully saturated rings. The minimum atomic E-state index is 0.664. The molecule has 0 radical (unpaired) electrons. The number of rotatable bonds is 5. The van der Waals surface area contributed by atoms with Crippen molar-refractivity contribution in [3.05, 3.63) is 17.5 Å². The molecule has 1 heterocycles. The Morgan fingerprint density at radius 2 is 2.22 bits per heavy atom. The summed E-state index contributed by atoms with van der Waals surface area (Å²) >= 11 is 0. The molecule has 0 saturated heterocycles. The predicted octanol–water partition coefficient (Wildman–Crippen LogP) is 3.82. The minimum Gasteiger partial charge on any atom is -0.360 e. The molecule has 2 unspecified atom stereocenters. The van der Waals surface area contributed by atoms with Gasteiger partial charge in [0.1, 0.15) is 0 Å². The summed E-state index contributed by atoms with van der Waals surface area (Å²) in [5.74, 6) is 1.93. The molecule has 102 valence electrons. The van der Waals surface area contributed by atoms with Gasteiger partial charge in [-0.25, -0.2) is 0 Å². The maximum absolute atomic E-state index is 5.23. The summed E-state index contributed by atoms with van der Waals surface area (Å²) in [6, 6.07) is 2.68. The fourth-order valence-corrected chi connectivity index (χ4v) is 3.02. The Bertz CT molecular complexity index is 348. The van der Waals surface area contributed by atoms with E-state index in [1.165, 1.54) is 44.9 Å². The number of nitrogens with zero attached hydrogens (tertiary/aromatic N) is 1. The van der Waals surface area contributed by atoms with Gasteiger partial charge in [0.25, 0.3) is 0 Å². The fraction of sp³-hybridized carbons (Fsp3) is 0.800. The zero-order valence-electron chi connectivity index (χ0n) is 11.7. The van der Waals surface area contributed by atoms with Gasteiger partial charge < -0.3 is 9.84 Å². The maximum Gasteiger partial charge on any atom is 0.150 e. The first-order valence-electron chi connectivity index (χ1n) is 7.43. The van der Waals surface area contributed by atoms with Gasteiger partial charge in [0.05, 0.1) is 12.2 Å². The van der Waals surface area contributed by atoms with Crippen LogP contribution in [0.2, 0.25) is 0 Å². The lowest BCUT2D eigenvalue weighted by Gasteiger charge is -2.15. The summed E-state index contributed by atoms with van der Waals surface area (Å²) in [5.41, 5.74) is 0.968. The molecular weight excluding hydrogens is 224 g/mol. The number of nitrogens with one attached hydrogen (secondary N) is 1. The molecule has 1 aromatic heterocycles. The summed E-state index contributed by atoms with van der Waals surface area (Å²) in [6.07, 6.45) is 9.56. The van der Waals surface area contributed by atoms with E-state index in [4.69, 9.17) is 4.52 Å². The lowest BCUT2D eigenvalue weighted by Crippen LogP contribution is -2.27. The third kappa shape index (κ3) is 4.13. The second kappa shape index (κ2) is 6.93. The van der Waals surface area contributed by atoms with Crippen molar-refractivity contribution in [2.45, 2.75) is 71.4 Å². The van der Waals surface area contributed by atoms with Crippen LogP contribution in [0, 0.1) is 12.8 Å². The van der Waals surface area contributed by atoms with Crippen LogP contribution >= 0.6 is 0 Å². The lowest BCUT2D eigenvalue weighted by atomic mass is 9.95. The number of aryl methyl sites for hydroxylation is 1. The topological polar surface area (TPSA) is 38.1 Å². The second-order valence-corrected chi connectivity index (χ2v) is 5.68. The van der Waals surface area contributed by atoms with E-state index < -0.39 is 0 Å². The molecule has 3 heteroatoms. The largest absolute Gasteiger partial charge is 0.360 e. The first kappa shape index (κ1) is 13.6. The predicted molar refractivity (Wildman–Crippen MR) is 73.4 cm³/mol. The third-order valence-corrected chi connectivity index (χ3v) is 4.03. The number of aromatic nitrogens is 1. The first-order chi connectivity index (χ1) is 8.78. The Morgan fingerprint density at radius 3 is 2.94 bits per heavy atom. The highest BCUT2D eigenvalue weighted by Crippen LogP contribution is 2.26. The summed E-state index contributed by atoms with van der Waals surface area (Å²) in [7, 11) is 0. The van der Waals surface area contributed by atoms with E-state index in [0.717, 1.165) is 23.9 Å². The Morgan fingerprint density at radius 1 is 1.33 bits per heavy atom. The Kier molecular flexibility index (Phi) is 5.24. The van der Waals surface area contributed by atoms with E-state index in [1.54, 1.807) is 0 Å². The van der Waals surface area contributed by atoms with Crippen LogP contribution in [0.15, 0.2) is 10.6 Å². The van der Waals surface area contributed by atoms with Gasteiger partial charge in [-0.2, -0.15) is 0 Å². The lowest BCUT2D eigenvalue weighted by molar-refractivity contribution is 0.350. The smallest absolute Gasteiger partial charge is 0.150 e. The van der Waals surface area contributed by atoms with Crippen molar-refractivity contribution in [1.82, 2.24) is 10.5 Å². The third-order valence-electron chi connectivity index (χ3n) is 4.03. The van der Waals surface area contributed by atoms with E-state index in [9.17, 15) is 0 Å². The SMILES string of the molecule is CCCC1CCCC(NCc2cc(C)no2)CC1. The van der Waals surface area contributed by atoms with Crippen LogP contribution in [0.4, 0.5) is 0 Å². The summed E-state index contributed by atoms with van der Waals surface area (Å²) < 4.78 is 5.23. The Balaban J connectivity index is 1.73. The van der Waals surface area contributed by atoms with Crippen LogP contribution in [0.3, 0.4) is 0 Å². The van der Waals surface area contributed by atoms with Gasteiger partial charge in [0.2, 0.25) is 0 Å². The highest BCUT2D eigenvalue weighted by atomic mass is 16.5. The molecule has 0 aliphatic heterocycles. The van der Waals surface area contributed by atoms with Crippen LogP contribution in [-0.4, -0.2) is 11.2 Å². The molecule has 2 rings (SSSR count). The van der Waals surface area contributed by atoms with Crippen LogP contribution in [-0.2, 0) is 6.54 Å². The van der Waals surface area contributed by atoms with Gasteiger partial charge >= 0.3 is 0 Å². The maximum atomic E-state index is 5.23. The molecule has 2 atom stereocenters. The van der Waals surface area contributed by atoms with Gasteiger partial charge in [-0.3, -0.25) is 0 Å². The Hall–Kier alpha value is -0.830. The first-order valence-corrected chi connectivity index (χ1v) is 7.43. The van der Waals surface area contributed by atoms with Gasteiger partial charge in [0.15, 0.2) is 5.76 Å². The van der Waals surface area contributed by atoms with Crippen molar-refractivity contribution in [3.8, 4) is 0 Å². The molecule has 3 nitrogen and oxygen atoms in total. The summed E-state index contributed by atoms with van der Waals surface area (Å²) in [6.45, 7) is 5.09. The normalized spacial score (nSPS) is 25.0.